The first-order valence-corrected chi connectivity index (χ1v) is 6.39. The molecule has 0 aliphatic rings. The lowest BCUT2D eigenvalue weighted by atomic mass is 10.1. The zero-order valence-corrected chi connectivity index (χ0v) is 11.8. The maximum absolute atomic E-state index is 13.6. The van der Waals surface area contributed by atoms with Gasteiger partial charge in [-0.1, -0.05) is 6.07 Å². The van der Waals surface area contributed by atoms with Gasteiger partial charge < -0.3 is 11.1 Å². The molecule has 3 N–H and O–H groups in total. The molecule has 0 aliphatic heterocycles. The van der Waals surface area contributed by atoms with Gasteiger partial charge in [0.1, 0.15) is 5.82 Å². The molecule has 0 spiro atoms. The number of halogens is 2. The molecule has 0 saturated heterocycles. The Morgan fingerprint density at radius 1 is 1.26 bits per heavy atom. The van der Waals surface area contributed by atoms with Crippen molar-refractivity contribution in [3.05, 3.63) is 57.8 Å². The number of rotatable bonds is 2. The molecule has 0 bridgehead atoms. The number of amides is 1. The molecule has 3 nitrogen and oxygen atoms in total. The molecule has 0 heterocycles. The lowest BCUT2D eigenvalue weighted by Crippen LogP contribution is -2.13. The first-order valence-electron chi connectivity index (χ1n) is 5.60. The largest absolute Gasteiger partial charge is 0.398 e. The van der Waals surface area contributed by atoms with Gasteiger partial charge in [-0.05, 0) is 58.7 Å². The number of nitrogens with one attached hydrogen (secondary N) is 1. The molecule has 2 rings (SSSR count). The third kappa shape index (κ3) is 3.12. The summed E-state index contributed by atoms with van der Waals surface area (Å²) in [5.41, 5.74) is 7.54. The smallest absolute Gasteiger partial charge is 0.255 e. The van der Waals surface area contributed by atoms with Crippen LogP contribution < -0.4 is 11.1 Å². The third-order valence-electron chi connectivity index (χ3n) is 2.64. The monoisotopic (exact) mass is 322 g/mol. The molecule has 0 radical (unpaired) electrons. The van der Waals surface area contributed by atoms with Crippen LogP contribution in [0, 0.1) is 12.7 Å². The van der Waals surface area contributed by atoms with Crippen LogP contribution in [-0.4, -0.2) is 5.91 Å². The summed E-state index contributed by atoms with van der Waals surface area (Å²) >= 11 is 3.24. The molecule has 1 amide bonds. The van der Waals surface area contributed by atoms with Gasteiger partial charge in [-0.15, -0.1) is 0 Å². The molecule has 0 saturated carbocycles. The Morgan fingerprint density at radius 2 is 2.00 bits per heavy atom. The maximum atomic E-state index is 13.6. The van der Waals surface area contributed by atoms with E-state index in [1.54, 1.807) is 31.2 Å². The normalized spacial score (nSPS) is 10.3. The number of benzene rings is 2. The van der Waals surface area contributed by atoms with Crippen LogP contribution in [0.15, 0.2) is 40.9 Å². The second-order valence-corrected chi connectivity index (χ2v) is 5.03. The average molecular weight is 323 g/mol. The second kappa shape index (κ2) is 5.40. The van der Waals surface area contributed by atoms with Crippen LogP contribution in [0.2, 0.25) is 0 Å². The van der Waals surface area contributed by atoms with Gasteiger partial charge >= 0.3 is 0 Å². The van der Waals surface area contributed by atoms with E-state index in [1.807, 2.05) is 0 Å². The van der Waals surface area contributed by atoms with Crippen LogP contribution >= 0.6 is 15.9 Å². The number of hydrogen-bond donors (Lipinski definition) is 2. The Bertz CT molecular complexity index is 643. The standard InChI is InChI=1S/C14H12BrFN2O/c1-8-2-5-13(11(16)6-8)18-14(19)9-3-4-12(17)10(15)7-9/h2-7H,17H2,1H3,(H,18,19). The number of anilines is 2. The Balaban J connectivity index is 2.23. The van der Waals surface area contributed by atoms with Gasteiger partial charge in [0.2, 0.25) is 0 Å². The molecular formula is C14H12BrFN2O. The molecule has 2 aromatic carbocycles. The number of carbonyl (C=O) groups is 1. The van der Waals surface area contributed by atoms with E-state index in [0.29, 0.717) is 15.7 Å². The van der Waals surface area contributed by atoms with Crippen molar-refractivity contribution in [1.82, 2.24) is 0 Å². The summed E-state index contributed by atoms with van der Waals surface area (Å²) in [6.45, 7) is 1.78. The van der Waals surface area contributed by atoms with Gasteiger partial charge in [0.25, 0.3) is 5.91 Å². The zero-order chi connectivity index (χ0) is 14.0. The average Bonchev–Trinajstić information content (AvgIpc) is 2.36. The van der Waals surface area contributed by atoms with Crippen molar-refractivity contribution in [1.29, 1.82) is 0 Å². The summed E-state index contributed by atoms with van der Waals surface area (Å²) in [7, 11) is 0. The fraction of sp³-hybridized carbons (Fsp3) is 0.0714. The highest BCUT2D eigenvalue weighted by molar-refractivity contribution is 9.10. The van der Waals surface area contributed by atoms with E-state index in [0.717, 1.165) is 5.56 Å². The predicted molar refractivity (Wildman–Crippen MR) is 77.6 cm³/mol. The van der Waals surface area contributed by atoms with E-state index in [1.165, 1.54) is 12.1 Å². The Morgan fingerprint density at radius 3 is 2.63 bits per heavy atom. The second-order valence-electron chi connectivity index (χ2n) is 4.17. The maximum Gasteiger partial charge on any atom is 0.255 e. The minimum atomic E-state index is -0.456. The fourth-order valence-corrected chi connectivity index (χ4v) is 1.96. The number of carbonyl (C=O) groups excluding carboxylic acids is 1. The Hall–Kier alpha value is -1.88. The van der Waals surface area contributed by atoms with E-state index in [-0.39, 0.29) is 11.6 Å². The highest BCUT2D eigenvalue weighted by Crippen LogP contribution is 2.22. The van der Waals surface area contributed by atoms with Crippen molar-refractivity contribution in [3.8, 4) is 0 Å². The summed E-state index contributed by atoms with van der Waals surface area (Å²) in [6, 6.07) is 9.43. The number of nitrogens with two attached hydrogens (primary N) is 1. The van der Waals surface area contributed by atoms with E-state index in [4.69, 9.17) is 5.73 Å². The highest BCUT2D eigenvalue weighted by atomic mass is 79.9. The predicted octanol–water partition coefficient (Wildman–Crippen LogP) is 3.73. The topological polar surface area (TPSA) is 55.1 Å². The van der Waals surface area contributed by atoms with E-state index >= 15 is 0 Å². The highest BCUT2D eigenvalue weighted by Gasteiger charge is 2.10. The van der Waals surface area contributed by atoms with Crippen molar-refractivity contribution >= 4 is 33.2 Å². The molecule has 2 aromatic rings. The van der Waals surface area contributed by atoms with Crippen molar-refractivity contribution < 1.29 is 9.18 Å². The summed E-state index contributed by atoms with van der Waals surface area (Å²) in [6.07, 6.45) is 0. The summed E-state index contributed by atoms with van der Waals surface area (Å²) in [5.74, 6) is -0.841. The minimum absolute atomic E-state index is 0.156. The molecule has 98 valence electrons. The molecule has 0 aliphatic carbocycles. The van der Waals surface area contributed by atoms with Gasteiger partial charge in [-0.2, -0.15) is 0 Å². The SMILES string of the molecule is Cc1ccc(NC(=O)c2ccc(N)c(Br)c2)c(F)c1. The third-order valence-corrected chi connectivity index (χ3v) is 3.32. The van der Waals surface area contributed by atoms with Crippen molar-refractivity contribution in [2.24, 2.45) is 0 Å². The van der Waals surface area contributed by atoms with Crippen molar-refractivity contribution in [3.63, 3.8) is 0 Å². The zero-order valence-electron chi connectivity index (χ0n) is 10.2. The summed E-state index contributed by atoms with van der Waals surface area (Å²) in [5, 5.41) is 2.52. The summed E-state index contributed by atoms with van der Waals surface area (Å²) < 4.78 is 14.3. The van der Waals surface area contributed by atoms with Gasteiger partial charge in [0.15, 0.2) is 0 Å². The van der Waals surface area contributed by atoms with E-state index < -0.39 is 5.82 Å². The van der Waals surface area contributed by atoms with Crippen molar-refractivity contribution in [2.75, 3.05) is 11.1 Å². The Labute approximate surface area is 118 Å². The van der Waals surface area contributed by atoms with Crippen LogP contribution in [0.1, 0.15) is 15.9 Å². The van der Waals surface area contributed by atoms with Crippen molar-refractivity contribution in [2.45, 2.75) is 6.92 Å². The molecular weight excluding hydrogens is 311 g/mol. The first kappa shape index (κ1) is 13.5. The van der Waals surface area contributed by atoms with Crippen LogP contribution in [0.25, 0.3) is 0 Å². The van der Waals surface area contributed by atoms with Crippen LogP contribution in [0.4, 0.5) is 15.8 Å². The van der Waals surface area contributed by atoms with Gasteiger partial charge in [0.05, 0.1) is 5.69 Å². The fourth-order valence-electron chi connectivity index (χ4n) is 1.58. The number of hydrogen-bond acceptors (Lipinski definition) is 2. The first-order chi connectivity index (χ1) is 8.97. The van der Waals surface area contributed by atoms with Gasteiger partial charge in [-0.3, -0.25) is 4.79 Å². The Kier molecular flexibility index (Phi) is 3.85. The van der Waals surface area contributed by atoms with Crippen LogP contribution in [0.3, 0.4) is 0 Å². The lowest BCUT2D eigenvalue weighted by Gasteiger charge is -2.08. The van der Waals surface area contributed by atoms with Gasteiger partial charge in [0, 0.05) is 15.7 Å². The minimum Gasteiger partial charge on any atom is -0.398 e. The molecule has 0 fully saturated rings. The number of nitrogen functional groups attached to an aromatic ring is 1. The van der Waals surface area contributed by atoms with Crippen LogP contribution in [0.5, 0.6) is 0 Å². The van der Waals surface area contributed by atoms with E-state index in [2.05, 4.69) is 21.2 Å². The molecule has 0 aromatic heterocycles. The lowest BCUT2D eigenvalue weighted by molar-refractivity contribution is 0.102. The molecule has 19 heavy (non-hydrogen) atoms. The van der Waals surface area contributed by atoms with Crippen LogP contribution in [-0.2, 0) is 0 Å². The van der Waals surface area contributed by atoms with E-state index in [9.17, 15) is 9.18 Å². The molecule has 0 unspecified atom stereocenters. The van der Waals surface area contributed by atoms with Gasteiger partial charge in [-0.25, -0.2) is 4.39 Å². The molecule has 5 heteroatoms. The number of aryl methyl sites for hydroxylation is 1. The molecule has 0 atom stereocenters. The summed E-state index contributed by atoms with van der Waals surface area (Å²) in [4.78, 5) is 12.0. The quantitative estimate of drug-likeness (QED) is 0.828.